The Morgan fingerprint density at radius 2 is 2.00 bits per heavy atom. The Kier molecular flexibility index (Phi) is 3.71. The number of thiazole rings is 1. The standard InChI is InChI=1S/C13H9BrClNS2/c14-12-6-5-10(17-12)8(15)7-13-16-9-3-1-2-4-11(9)18-13/h1-6,8H,7H2. The summed E-state index contributed by atoms with van der Waals surface area (Å²) in [6, 6.07) is 12.3. The highest BCUT2D eigenvalue weighted by molar-refractivity contribution is 9.11. The van der Waals surface area contributed by atoms with E-state index in [1.54, 1.807) is 22.7 Å². The molecule has 0 N–H and O–H groups in total. The van der Waals surface area contributed by atoms with Crippen LogP contribution in [0.5, 0.6) is 0 Å². The molecular weight excluding hydrogens is 350 g/mol. The monoisotopic (exact) mass is 357 g/mol. The van der Waals surface area contributed by atoms with Gasteiger partial charge in [-0.1, -0.05) is 12.1 Å². The molecule has 2 aromatic heterocycles. The van der Waals surface area contributed by atoms with Gasteiger partial charge in [0.2, 0.25) is 0 Å². The Labute approximate surface area is 127 Å². The fourth-order valence-electron chi connectivity index (χ4n) is 1.76. The van der Waals surface area contributed by atoms with Gasteiger partial charge in [-0.3, -0.25) is 0 Å². The molecule has 1 atom stereocenters. The van der Waals surface area contributed by atoms with Crippen LogP contribution in [0.3, 0.4) is 0 Å². The number of halogens is 2. The molecule has 1 aromatic carbocycles. The molecule has 0 fully saturated rings. The molecule has 0 saturated heterocycles. The van der Waals surface area contributed by atoms with Gasteiger partial charge in [-0.05, 0) is 40.2 Å². The molecular formula is C13H9BrClNS2. The van der Waals surface area contributed by atoms with Crippen LogP contribution in [0.15, 0.2) is 40.2 Å². The normalized spacial score (nSPS) is 13.0. The number of thiophene rings is 1. The van der Waals surface area contributed by atoms with Crippen molar-refractivity contribution in [3.63, 3.8) is 0 Å². The molecule has 0 aliphatic heterocycles. The number of rotatable bonds is 3. The average molecular weight is 359 g/mol. The van der Waals surface area contributed by atoms with Crippen LogP contribution in [0.25, 0.3) is 10.2 Å². The summed E-state index contributed by atoms with van der Waals surface area (Å²) in [4.78, 5) is 5.80. The summed E-state index contributed by atoms with van der Waals surface area (Å²) in [5.41, 5.74) is 1.06. The maximum absolute atomic E-state index is 6.44. The van der Waals surface area contributed by atoms with Crippen LogP contribution in [0.2, 0.25) is 0 Å². The number of hydrogen-bond donors (Lipinski definition) is 0. The molecule has 5 heteroatoms. The molecule has 1 nitrogen and oxygen atoms in total. The predicted molar refractivity (Wildman–Crippen MR) is 83.9 cm³/mol. The summed E-state index contributed by atoms with van der Waals surface area (Å²) in [5.74, 6) is 0. The third-order valence-electron chi connectivity index (χ3n) is 2.59. The van der Waals surface area contributed by atoms with Crippen molar-refractivity contribution in [1.82, 2.24) is 4.98 Å². The highest BCUT2D eigenvalue weighted by atomic mass is 79.9. The lowest BCUT2D eigenvalue weighted by molar-refractivity contribution is 0.930. The topological polar surface area (TPSA) is 12.9 Å². The Morgan fingerprint density at radius 3 is 2.72 bits per heavy atom. The fourth-order valence-corrected chi connectivity index (χ4v) is 4.62. The molecule has 92 valence electrons. The van der Waals surface area contributed by atoms with Crippen molar-refractivity contribution in [1.29, 1.82) is 0 Å². The van der Waals surface area contributed by atoms with Crippen molar-refractivity contribution >= 4 is 60.4 Å². The second-order valence-corrected chi connectivity index (χ2v) is 8.03. The minimum Gasteiger partial charge on any atom is -0.241 e. The first kappa shape index (κ1) is 12.6. The molecule has 0 radical (unpaired) electrons. The molecule has 0 aliphatic carbocycles. The molecule has 2 heterocycles. The molecule has 0 saturated carbocycles. The first-order valence-corrected chi connectivity index (χ1v) is 8.32. The van der Waals surface area contributed by atoms with Gasteiger partial charge in [0.05, 0.1) is 24.4 Å². The summed E-state index contributed by atoms with van der Waals surface area (Å²) in [6.45, 7) is 0. The number of nitrogens with zero attached hydrogens (tertiary/aromatic N) is 1. The van der Waals surface area contributed by atoms with E-state index in [9.17, 15) is 0 Å². The summed E-state index contributed by atoms with van der Waals surface area (Å²) < 4.78 is 2.34. The maximum atomic E-state index is 6.44. The van der Waals surface area contributed by atoms with Crippen molar-refractivity contribution < 1.29 is 0 Å². The third-order valence-corrected chi connectivity index (χ3v) is 5.91. The summed E-state index contributed by atoms with van der Waals surface area (Å²) in [5, 5.41) is 1.10. The van der Waals surface area contributed by atoms with Crippen LogP contribution in [0, 0.1) is 0 Å². The fraction of sp³-hybridized carbons (Fsp3) is 0.154. The van der Waals surface area contributed by atoms with Gasteiger partial charge in [0.25, 0.3) is 0 Å². The molecule has 1 unspecified atom stereocenters. The van der Waals surface area contributed by atoms with Crippen molar-refractivity contribution in [2.24, 2.45) is 0 Å². The summed E-state index contributed by atoms with van der Waals surface area (Å²) in [6.07, 6.45) is 0.786. The number of alkyl halides is 1. The van der Waals surface area contributed by atoms with Crippen molar-refractivity contribution in [2.45, 2.75) is 11.8 Å². The quantitative estimate of drug-likeness (QED) is 0.552. The van der Waals surface area contributed by atoms with Gasteiger partial charge >= 0.3 is 0 Å². The maximum Gasteiger partial charge on any atom is 0.0957 e. The minimum absolute atomic E-state index is 0.00172. The number of hydrogen-bond acceptors (Lipinski definition) is 3. The molecule has 3 rings (SSSR count). The highest BCUT2D eigenvalue weighted by Crippen LogP contribution is 2.34. The minimum atomic E-state index is 0.00172. The lowest BCUT2D eigenvalue weighted by Crippen LogP contribution is -1.92. The van der Waals surface area contributed by atoms with Gasteiger partial charge in [0.15, 0.2) is 0 Å². The lowest BCUT2D eigenvalue weighted by Gasteiger charge is -2.03. The summed E-state index contributed by atoms with van der Waals surface area (Å²) >= 11 is 13.3. The van der Waals surface area contributed by atoms with Crippen LogP contribution in [0.1, 0.15) is 15.3 Å². The molecule has 0 aliphatic rings. The Balaban J connectivity index is 1.83. The van der Waals surface area contributed by atoms with Crippen LogP contribution >= 0.6 is 50.2 Å². The number of fused-ring (bicyclic) bond motifs is 1. The van der Waals surface area contributed by atoms with Crippen LogP contribution in [-0.4, -0.2) is 4.98 Å². The largest absolute Gasteiger partial charge is 0.241 e. The van der Waals surface area contributed by atoms with E-state index in [0.29, 0.717) is 0 Å². The Hall–Kier alpha value is -0.420. The molecule has 0 amide bonds. The van der Waals surface area contributed by atoms with Gasteiger partial charge in [0.1, 0.15) is 0 Å². The predicted octanol–water partition coefficient (Wildman–Crippen LogP) is 5.64. The van der Waals surface area contributed by atoms with Crippen molar-refractivity contribution in [3.05, 3.63) is 50.1 Å². The van der Waals surface area contributed by atoms with Gasteiger partial charge in [0, 0.05) is 11.3 Å². The zero-order chi connectivity index (χ0) is 12.5. The number of aromatic nitrogens is 1. The third kappa shape index (κ3) is 2.62. The second kappa shape index (κ2) is 5.29. The first-order chi connectivity index (χ1) is 8.72. The van der Waals surface area contributed by atoms with Crippen molar-refractivity contribution in [3.8, 4) is 0 Å². The van der Waals surface area contributed by atoms with Gasteiger partial charge < -0.3 is 0 Å². The van der Waals surface area contributed by atoms with E-state index in [4.69, 9.17) is 11.6 Å². The van der Waals surface area contributed by atoms with E-state index in [2.05, 4.69) is 33.0 Å². The van der Waals surface area contributed by atoms with Crippen LogP contribution in [-0.2, 0) is 6.42 Å². The van der Waals surface area contributed by atoms with E-state index in [1.807, 2.05) is 24.3 Å². The number of benzene rings is 1. The second-order valence-electron chi connectivity index (χ2n) is 3.89. The Morgan fingerprint density at radius 1 is 1.17 bits per heavy atom. The number of para-hydroxylation sites is 1. The summed E-state index contributed by atoms with van der Waals surface area (Å²) in [7, 11) is 0. The Bertz CT molecular complexity index is 643. The van der Waals surface area contributed by atoms with E-state index in [0.717, 1.165) is 20.7 Å². The van der Waals surface area contributed by atoms with Gasteiger partial charge in [-0.25, -0.2) is 4.98 Å². The molecule has 18 heavy (non-hydrogen) atoms. The smallest absolute Gasteiger partial charge is 0.0957 e. The van der Waals surface area contributed by atoms with Crippen molar-refractivity contribution in [2.75, 3.05) is 0 Å². The van der Waals surface area contributed by atoms with Gasteiger partial charge in [-0.15, -0.1) is 34.3 Å². The zero-order valence-corrected chi connectivity index (χ0v) is 13.2. The van der Waals surface area contributed by atoms with Gasteiger partial charge in [-0.2, -0.15) is 0 Å². The van der Waals surface area contributed by atoms with E-state index in [1.165, 1.54) is 9.58 Å². The van der Waals surface area contributed by atoms with Crippen LogP contribution < -0.4 is 0 Å². The zero-order valence-electron chi connectivity index (χ0n) is 9.27. The van der Waals surface area contributed by atoms with E-state index >= 15 is 0 Å². The molecule has 0 spiro atoms. The highest BCUT2D eigenvalue weighted by Gasteiger charge is 2.14. The lowest BCUT2D eigenvalue weighted by atomic mass is 10.2. The molecule has 0 bridgehead atoms. The SMILES string of the molecule is ClC(Cc1nc2ccccc2s1)c1ccc(Br)s1. The first-order valence-electron chi connectivity index (χ1n) is 5.46. The van der Waals surface area contributed by atoms with E-state index < -0.39 is 0 Å². The average Bonchev–Trinajstić information content (AvgIpc) is 2.94. The van der Waals surface area contributed by atoms with E-state index in [-0.39, 0.29) is 5.38 Å². The molecule has 3 aromatic rings. The van der Waals surface area contributed by atoms with Crippen LogP contribution in [0.4, 0.5) is 0 Å².